The lowest BCUT2D eigenvalue weighted by molar-refractivity contribution is 0.0696. The second kappa shape index (κ2) is 5.84. The Kier molecular flexibility index (Phi) is 4.16. The monoisotopic (exact) mass is 280 g/mol. The molecule has 0 saturated heterocycles. The van der Waals surface area contributed by atoms with Gasteiger partial charge in [-0.2, -0.15) is 0 Å². The van der Waals surface area contributed by atoms with Gasteiger partial charge < -0.3 is 5.11 Å². The van der Waals surface area contributed by atoms with Crippen LogP contribution in [0.1, 0.15) is 15.9 Å². The summed E-state index contributed by atoms with van der Waals surface area (Å²) in [5.74, 6) is -1.83. The summed E-state index contributed by atoms with van der Waals surface area (Å²) in [6.07, 6.45) is 0. The molecule has 2 aromatic carbocycles. The third kappa shape index (κ3) is 3.54. The minimum absolute atomic E-state index is 0.107. The number of thioether (sulfide) groups is 1. The van der Waals surface area contributed by atoms with Crippen LogP contribution >= 0.6 is 11.8 Å². The number of carboxylic acids is 1. The lowest BCUT2D eigenvalue weighted by Crippen LogP contribution is -1.98. The molecule has 0 unspecified atom stereocenters. The van der Waals surface area contributed by atoms with Gasteiger partial charge >= 0.3 is 5.97 Å². The predicted molar refractivity (Wildman–Crippen MR) is 69.3 cm³/mol. The summed E-state index contributed by atoms with van der Waals surface area (Å²) in [5.41, 5.74) is 0.398. The van der Waals surface area contributed by atoms with Gasteiger partial charge in [0.1, 0.15) is 11.6 Å². The largest absolute Gasteiger partial charge is 0.478 e. The summed E-state index contributed by atoms with van der Waals surface area (Å²) >= 11 is 1.19. The SMILES string of the molecule is O=C(O)c1cc(F)cc(CSc2ccccc2F)c1. The van der Waals surface area contributed by atoms with Gasteiger partial charge in [0.05, 0.1) is 5.56 Å². The Balaban J connectivity index is 2.16. The average Bonchev–Trinajstić information content (AvgIpc) is 2.37. The fraction of sp³-hybridized carbons (Fsp3) is 0.0714. The normalized spacial score (nSPS) is 10.4. The van der Waals surface area contributed by atoms with E-state index < -0.39 is 11.8 Å². The van der Waals surface area contributed by atoms with Gasteiger partial charge in [-0.05, 0) is 35.9 Å². The van der Waals surface area contributed by atoms with Crippen LogP contribution < -0.4 is 0 Å². The molecule has 0 aliphatic carbocycles. The topological polar surface area (TPSA) is 37.3 Å². The van der Waals surface area contributed by atoms with Crippen LogP contribution in [0.5, 0.6) is 0 Å². The predicted octanol–water partition coefficient (Wildman–Crippen LogP) is 3.96. The molecule has 19 heavy (non-hydrogen) atoms. The molecule has 0 fully saturated rings. The second-order valence-electron chi connectivity index (χ2n) is 3.87. The highest BCUT2D eigenvalue weighted by Crippen LogP contribution is 2.25. The fourth-order valence-electron chi connectivity index (χ4n) is 1.58. The zero-order chi connectivity index (χ0) is 13.8. The molecule has 2 rings (SSSR count). The maximum absolute atomic E-state index is 13.4. The van der Waals surface area contributed by atoms with Gasteiger partial charge in [-0.3, -0.25) is 0 Å². The Bertz CT molecular complexity index is 614. The summed E-state index contributed by atoms with van der Waals surface area (Å²) in [7, 11) is 0. The molecule has 2 nitrogen and oxygen atoms in total. The molecular formula is C14H10F2O2S. The molecule has 0 radical (unpaired) electrons. The highest BCUT2D eigenvalue weighted by atomic mass is 32.2. The smallest absolute Gasteiger partial charge is 0.335 e. The number of aromatic carboxylic acids is 1. The lowest BCUT2D eigenvalue weighted by atomic mass is 10.1. The van der Waals surface area contributed by atoms with Crippen LogP contribution in [-0.2, 0) is 5.75 Å². The standard InChI is InChI=1S/C14H10F2O2S/c15-11-6-9(5-10(7-11)14(17)18)8-19-13-4-2-1-3-12(13)16/h1-7H,8H2,(H,17,18). The molecule has 0 aliphatic rings. The maximum atomic E-state index is 13.4. The van der Waals surface area contributed by atoms with E-state index in [0.717, 1.165) is 6.07 Å². The van der Waals surface area contributed by atoms with E-state index in [1.165, 1.54) is 30.0 Å². The first-order chi connectivity index (χ1) is 9.06. The first-order valence-electron chi connectivity index (χ1n) is 5.46. The van der Waals surface area contributed by atoms with Gasteiger partial charge in [-0.15, -0.1) is 11.8 Å². The minimum Gasteiger partial charge on any atom is -0.478 e. The lowest BCUT2D eigenvalue weighted by Gasteiger charge is -2.05. The van der Waals surface area contributed by atoms with Gasteiger partial charge in [-0.1, -0.05) is 12.1 Å². The van der Waals surface area contributed by atoms with Crippen molar-refractivity contribution in [2.75, 3.05) is 0 Å². The zero-order valence-corrected chi connectivity index (χ0v) is 10.6. The Morgan fingerprint density at radius 3 is 2.58 bits per heavy atom. The molecule has 0 aliphatic heterocycles. The van der Waals surface area contributed by atoms with E-state index in [4.69, 9.17) is 5.11 Å². The number of hydrogen-bond acceptors (Lipinski definition) is 2. The van der Waals surface area contributed by atoms with Crippen LogP contribution in [0.3, 0.4) is 0 Å². The van der Waals surface area contributed by atoms with Gasteiger partial charge in [0.15, 0.2) is 0 Å². The molecule has 5 heteroatoms. The van der Waals surface area contributed by atoms with Crippen molar-refractivity contribution < 1.29 is 18.7 Å². The fourth-order valence-corrected chi connectivity index (χ4v) is 2.45. The van der Waals surface area contributed by atoms with Gasteiger partial charge in [0, 0.05) is 10.6 Å². The molecule has 0 amide bonds. The molecule has 0 bridgehead atoms. The van der Waals surface area contributed by atoms with Gasteiger partial charge in [-0.25, -0.2) is 13.6 Å². The van der Waals surface area contributed by atoms with E-state index in [2.05, 4.69) is 0 Å². The van der Waals surface area contributed by atoms with Crippen molar-refractivity contribution in [3.8, 4) is 0 Å². The Morgan fingerprint density at radius 1 is 1.16 bits per heavy atom. The van der Waals surface area contributed by atoms with E-state index in [9.17, 15) is 13.6 Å². The number of carboxylic acid groups (broad SMARTS) is 1. The molecule has 0 aromatic heterocycles. The molecule has 1 N–H and O–H groups in total. The summed E-state index contributed by atoms with van der Waals surface area (Å²) in [6.45, 7) is 0. The van der Waals surface area contributed by atoms with Crippen LogP contribution in [0.4, 0.5) is 8.78 Å². The molecule has 0 atom stereocenters. The van der Waals surface area contributed by atoms with Crippen LogP contribution in [0.15, 0.2) is 47.4 Å². The van der Waals surface area contributed by atoms with Gasteiger partial charge in [0.25, 0.3) is 0 Å². The van der Waals surface area contributed by atoms with Crippen molar-refractivity contribution in [2.24, 2.45) is 0 Å². The van der Waals surface area contributed by atoms with Crippen molar-refractivity contribution in [3.63, 3.8) is 0 Å². The highest BCUT2D eigenvalue weighted by molar-refractivity contribution is 7.98. The van der Waals surface area contributed by atoms with Crippen molar-refractivity contribution in [1.29, 1.82) is 0 Å². The summed E-state index contributed by atoms with van der Waals surface area (Å²) in [6, 6.07) is 9.86. The van der Waals surface area contributed by atoms with E-state index in [0.29, 0.717) is 16.2 Å². The summed E-state index contributed by atoms with van der Waals surface area (Å²) < 4.78 is 26.6. The summed E-state index contributed by atoms with van der Waals surface area (Å²) in [5, 5.41) is 8.83. The van der Waals surface area contributed by atoms with Crippen LogP contribution in [0.25, 0.3) is 0 Å². The van der Waals surface area contributed by atoms with Crippen LogP contribution in [0, 0.1) is 11.6 Å². The first-order valence-corrected chi connectivity index (χ1v) is 6.45. The maximum Gasteiger partial charge on any atom is 0.335 e. The van der Waals surface area contributed by atoms with Crippen molar-refractivity contribution in [2.45, 2.75) is 10.6 Å². The van der Waals surface area contributed by atoms with Crippen LogP contribution in [0.2, 0.25) is 0 Å². The van der Waals surface area contributed by atoms with E-state index in [1.807, 2.05) is 0 Å². The quantitative estimate of drug-likeness (QED) is 0.861. The molecule has 2 aromatic rings. The van der Waals surface area contributed by atoms with Crippen LogP contribution in [-0.4, -0.2) is 11.1 Å². The van der Waals surface area contributed by atoms with Gasteiger partial charge in [0.2, 0.25) is 0 Å². The number of rotatable bonds is 4. The van der Waals surface area contributed by atoms with Crippen molar-refractivity contribution in [1.82, 2.24) is 0 Å². The third-order valence-corrected chi connectivity index (χ3v) is 3.56. The number of halogens is 2. The van der Waals surface area contributed by atoms with Crippen molar-refractivity contribution in [3.05, 3.63) is 65.2 Å². The minimum atomic E-state index is -1.18. The van der Waals surface area contributed by atoms with E-state index in [-0.39, 0.29) is 11.4 Å². The Hall–Kier alpha value is -1.88. The Labute approximate surface area is 113 Å². The molecular weight excluding hydrogens is 270 g/mol. The molecule has 98 valence electrons. The second-order valence-corrected chi connectivity index (χ2v) is 4.89. The molecule has 0 heterocycles. The van der Waals surface area contributed by atoms with E-state index in [1.54, 1.807) is 18.2 Å². The molecule has 0 spiro atoms. The van der Waals surface area contributed by atoms with Crippen molar-refractivity contribution >= 4 is 17.7 Å². The summed E-state index contributed by atoms with van der Waals surface area (Å²) in [4.78, 5) is 11.2. The average molecular weight is 280 g/mol. The number of benzene rings is 2. The highest BCUT2D eigenvalue weighted by Gasteiger charge is 2.08. The van der Waals surface area contributed by atoms with E-state index >= 15 is 0 Å². The number of hydrogen-bond donors (Lipinski definition) is 1. The third-order valence-electron chi connectivity index (χ3n) is 2.44. The molecule has 0 saturated carbocycles. The zero-order valence-electron chi connectivity index (χ0n) is 9.77. The Morgan fingerprint density at radius 2 is 1.89 bits per heavy atom. The number of carbonyl (C=O) groups is 1. The first kappa shape index (κ1) is 13.5.